The summed E-state index contributed by atoms with van der Waals surface area (Å²) in [5, 5.41) is 9.42. The van der Waals surface area contributed by atoms with Crippen molar-refractivity contribution in [2.45, 2.75) is 12.8 Å². The highest BCUT2D eigenvalue weighted by molar-refractivity contribution is 9.10. The van der Waals surface area contributed by atoms with Gasteiger partial charge in [0.1, 0.15) is 5.75 Å². The standard InChI is InChI=1S/C14H16BrN3O3.ClH/c15-11-2-1-10(13-17-18-14(19)21-13)7-12(11)20-8-9-3-5-16-6-4-9;/h1-2,7,9,16H,3-6,8H2,(H,18,19);1H. The van der Waals surface area contributed by atoms with Gasteiger partial charge < -0.3 is 14.5 Å². The fourth-order valence-electron chi connectivity index (χ4n) is 2.36. The van der Waals surface area contributed by atoms with E-state index in [-0.39, 0.29) is 18.3 Å². The van der Waals surface area contributed by atoms with Gasteiger partial charge in [0.05, 0.1) is 11.1 Å². The molecule has 1 aliphatic rings. The molecule has 2 N–H and O–H groups in total. The quantitative estimate of drug-likeness (QED) is 0.839. The zero-order chi connectivity index (χ0) is 14.7. The summed E-state index contributed by atoms with van der Waals surface area (Å²) in [7, 11) is 0. The van der Waals surface area contributed by atoms with E-state index in [2.05, 4.69) is 31.4 Å². The van der Waals surface area contributed by atoms with Crippen LogP contribution in [0.4, 0.5) is 0 Å². The van der Waals surface area contributed by atoms with Crippen molar-refractivity contribution in [3.63, 3.8) is 0 Å². The third-order valence-electron chi connectivity index (χ3n) is 3.55. The second-order valence-corrected chi connectivity index (χ2v) is 5.92. The van der Waals surface area contributed by atoms with Crippen molar-refractivity contribution in [2.24, 2.45) is 5.92 Å². The molecule has 1 aliphatic heterocycles. The van der Waals surface area contributed by atoms with Gasteiger partial charge >= 0.3 is 5.76 Å². The maximum absolute atomic E-state index is 11.0. The van der Waals surface area contributed by atoms with Gasteiger partial charge in [0.2, 0.25) is 5.89 Å². The molecule has 120 valence electrons. The number of nitrogens with zero attached hydrogens (tertiary/aromatic N) is 1. The predicted molar refractivity (Wildman–Crippen MR) is 88.6 cm³/mol. The van der Waals surface area contributed by atoms with Crippen molar-refractivity contribution in [3.05, 3.63) is 33.2 Å². The van der Waals surface area contributed by atoms with Crippen LogP contribution >= 0.6 is 28.3 Å². The number of aromatic amines is 1. The summed E-state index contributed by atoms with van der Waals surface area (Å²) >= 11 is 3.48. The van der Waals surface area contributed by atoms with Crippen LogP contribution in [0.25, 0.3) is 11.5 Å². The molecule has 0 aliphatic carbocycles. The van der Waals surface area contributed by atoms with Crippen molar-refractivity contribution in [1.82, 2.24) is 15.5 Å². The molecule has 1 aromatic carbocycles. The fourth-order valence-corrected chi connectivity index (χ4v) is 2.72. The SMILES string of the molecule is Cl.O=c1[nH]nc(-c2ccc(Br)c(OCC3CCNCC3)c2)o1. The van der Waals surface area contributed by atoms with Gasteiger partial charge in [0.25, 0.3) is 0 Å². The Bertz CT molecular complexity index is 667. The van der Waals surface area contributed by atoms with E-state index in [4.69, 9.17) is 9.15 Å². The smallest absolute Gasteiger partial charge is 0.434 e. The number of rotatable bonds is 4. The second kappa shape index (κ2) is 7.80. The maximum atomic E-state index is 11.0. The number of hydrogen-bond donors (Lipinski definition) is 2. The van der Waals surface area contributed by atoms with Crippen LogP contribution < -0.4 is 15.8 Å². The van der Waals surface area contributed by atoms with E-state index in [9.17, 15) is 4.79 Å². The van der Waals surface area contributed by atoms with Crippen molar-refractivity contribution in [2.75, 3.05) is 19.7 Å². The first-order valence-electron chi connectivity index (χ1n) is 6.91. The van der Waals surface area contributed by atoms with Gasteiger partial charge in [0.15, 0.2) is 0 Å². The Balaban J connectivity index is 0.00000176. The van der Waals surface area contributed by atoms with Gasteiger partial charge in [-0.3, -0.25) is 0 Å². The third-order valence-corrected chi connectivity index (χ3v) is 4.20. The minimum absolute atomic E-state index is 0. The van der Waals surface area contributed by atoms with E-state index in [1.165, 1.54) is 0 Å². The molecule has 0 saturated carbocycles. The molecule has 1 saturated heterocycles. The molecule has 0 spiro atoms. The molecule has 0 amide bonds. The van der Waals surface area contributed by atoms with Crippen LogP contribution in [0.2, 0.25) is 0 Å². The van der Waals surface area contributed by atoms with Crippen molar-refractivity contribution in [3.8, 4) is 17.2 Å². The number of aromatic nitrogens is 2. The Hall–Kier alpha value is -1.31. The summed E-state index contributed by atoms with van der Waals surface area (Å²) in [4.78, 5) is 11.0. The van der Waals surface area contributed by atoms with Crippen molar-refractivity contribution < 1.29 is 9.15 Å². The average molecular weight is 391 g/mol. The highest BCUT2D eigenvalue weighted by Crippen LogP contribution is 2.30. The van der Waals surface area contributed by atoms with Crippen LogP contribution in [-0.4, -0.2) is 29.9 Å². The monoisotopic (exact) mass is 389 g/mol. The molecule has 0 atom stereocenters. The van der Waals surface area contributed by atoms with Gasteiger partial charge in [0, 0.05) is 5.56 Å². The van der Waals surface area contributed by atoms with Gasteiger partial charge in [-0.1, -0.05) is 0 Å². The fraction of sp³-hybridized carbons (Fsp3) is 0.429. The number of piperidine rings is 1. The van der Waals surface area contributed by atoms with E-state index in [1.807, 2.05) is 18.2 Å². The number of halogens is 2. The Morgan fingerprint density at radius 3 is 2.82 bits per heavy atom. The molecular weight excluding hydrogens is 374 g/mol. The lowest BCUT2D eigenvalue weighted by atomic mass is 9.99. The minimum atomic E-state index is -0.565. The summed E-state index contributed by atoms with van der Waals surface area (Å²) < 4.78 is 11.7. The average Bonchev–Trinajstić information content (AvgIpc) is 2.94. The zero-order valence-corrected chi connectivity index (χ0v) is 14.2. The van der Waals surface area contributed by atoms with Gasteiger partial charge in [-0.15, -0.1) is 17.5 Å². The molecule has 2 heterocycles. The Labute approximate surface area is 142 Å². The molecule has 1 aromatic heterocycles. The summed E-state index contributed by atoms with van der Waals surface area (Å²) in [6.45, 7) is 2.79. The van der Waals surface area contributed by atoms with E-state index in [0.29, 0.717) is 18.1 Å². The Kier molecular flexibility index (Phi) is 6.05. The topological polar surface area (TPSA) is 80.2 Å². The van der Waals surface area contributed by atoms with Crippen LogP contribution in [-0.2, 0) is 0 Å². The lowest BCUT2D eigenvalue weighted by Gasteiger charge is -2.23. The van der Waals surface area contributed by atoms with Crippen LogP contribution in [0.3, 0.4) is 0 Å². The summed E-state index contributed by atoms with van der Waals surface area (Å²) in [6.07, 6.45) is 2.26. The number of H-pyrrole nitrogens is 1. The third kappa shape index (κ3) is 4.12. The minimum Gasteiger partial charge on any atom is -0.492 e. The Morgan fingerprint density at radius 2 is 2.14 bits per heavy atom. The molecule has 0 radical (unpaired) electrons. The van der Waals surface area contributed by atoms with E-state index >= 15 is 0 Å². The molecule has 22 heavy (non-hydrogen) atoms. The number of nitrogens with one attached hydrogen (secondary N) is 2. The normalized spacial score (nSPS) is 15.3. The van der Waals surface area contributed by atoms with Crippen LogP contribution in [0, 0.1) is 5.92 Å². The van der Waals surface area contributed by atoms with Crippen LogP contribution in [0.15, 0.2) is 31.9 Å². The molecule has 2 aromatic rings. The molecular formula is C14H17BrClN3O3. The van der Waals surface area contributed by atoms with E-state index in [1.54, 1.807) is 0 Å². The zero-order valence-electron chi connectivity index (χ0n) is 11.8. The molecule has 3 rings (SSSR count). The first-order chi connectivity index (χ1) is 10.2. The second-order valence-electron chi connectivity index (χ2n) is 5.07. The van der Waals surface area contributed by atoms with Crippen LogP contribution in [0.5, 0.6) is 5.75 Å². The first kappa shape index (κ1) is 17.1. The molecule has 0 bridgehead atoms. The number of benzene rings is 1. The molecule has 8 heteroatoms. The Morgan fingerprint density at radius 1 is 1.36 bits per heavy atom. The lowest BCUT2D eigenvalue weighted by molar-refractivity contribution is 0.214. The van der Waals surface area contributed by atoms with E-state index in [0.717, 1.165) is 36.2 Å². The highest BCUT2D eigenvalue weighted by atomic mass is 79.9. The van der Waals surface area contributed by atoms with Crippen molar-refractivity contribution >= 4 is 28.3 Å². The summed E-state index contributed by atoms with van der Waals surface area (Å²) in [5.74, 6) is 1.01. The highest BCUT2D eigenvalue weighted by Gasteiger charge is 2.15. The molecule has 1 fully saturated rings. The first-order valence-corrected chi connectivity index (χ1v) is 7.70. The maximum Gasteiger partial charge on any atom is 0.434 e. The van der Waals surface area contributed by atoms with Crippen molar-refractivity contribution in [1.29, 1.82) is 0 Å². The van der Waals surface area contributed by atoms with Crippen LogP contribution in [0.1, 0.15) is 12.8 Å². The van der Waals surface area contributed by atoms with E-state index < -0.39 is 5.76 Å². The largest absolute Gasteiger partial charge is 0.492 e. The molecule has 6 nitrogen and oxygen atoms in total. The van der Waals surface area contributed by atoms with Gasteiger partial charge in [-0.05, 0) is 66.0 Å². The summed E-state index contributed by atoms with van der Waals surface area (Å²) in [5.41, 5.74) is 0.705. The van der Waals surface area contributed by atoms with Gasteiger partial charge in [-0.25, -0.2) is 9.89 Å². The predicted octanol–water partition coefficient (Wildman–Crippen LogP) is 2.59. The summed E-state index contributed by atoms with van der Waals surface area (Å²) in [6, 6.07) is 5.51. The van der Waals surface area contributed by atoms with Gasteiger partial charge in [-0.2, -0.15) is 0 Å². The number of hydrogen-bond acceptors (Lipinski definition) is 5. The lowest BCUT2D eigenvalue weighted by Crippen LogP contribution is -2.30. The number of ether oxygens (including phenoxy) is 1. The molecule has 0 unspecified atom stereocenters.